The van der Waals surface area contributed by atoms with E-state index in [-0.39, 0.29) is 5.41 Å². The van der Waals surface area contributed by atoms with Gasteiger partial charge in [0, 0.05) is 11.3 Å². The standard InChI is InChI=1S/C14H20ClN5/c1-9(2)14(3,4)8-20-13(17-18-19-20)11-6-5-10(16)7-12(11)15/h5-7,9H,8,16H2,1-4H3. The molecule has 0 radical (unpaired) electrons. The van der Waals surface area contributed by atoms with Crippen molar-refractivity contribution in [3.8, 4) is 11.4 Å². The topological polar surface area (TPSA) is 69.6 Å². The van der Waals surface area contributed by atoms with Crippen molar-refractivity contribution in [2.24, 2.45) is 11.3 Å². The molecule has 0 bridgehead atoms. The third-order valence-corrected chi connectivity index (χ3v) is 4.20. The van der Waals surface area contributed by atoms with E-state index in [0.717, 1.165) is 12.1 Å². The summed E-state index contributed by atoms with van der Waals surface area (Å²) in [6.45, 7) is 9.52. The maximum absolute atomic E-state index is 6.24. The molecule has 0 aliphatic carbocycles. The zero-order chi connectivity index (χ0) is 14.9. The normalized spacial score (nSPS) is 12.1. The van der Waals surface area contributed by atoms with Crippen LogP contribution in [0.15, 0.2) is 18.2 Å². The van der Waals surface area contributed by atoms with Crippen molar-refractivity contribution in [1.82, 2.24) is 20.2 Å². The molecule has 1 aromatic heterocycles. The summed E-state index contributed by atoms with van der Waals surface area (Å²) >= 11 is 6.24. The van der Waals surface area contributed by atoms with Gasteiger partial charge in [0.15, 0.2) is 5.82 Å². The number of nitrogens with zero attached hydrogens (tertiary/aromatic N) is 4. The van der Waals surface area contributed by atoms with Crippen molar-refractivity contribution in [2.75, 3.05) is 5.73 Å². The van der Waals surface area contributed by atoms with Gasteiger partial charge in [0.25, 0.3) is 0 Å². The molecule has 0 aliphatic rings. The van der Waals surface area contributed by atoms with Crippen LogP contribution in [0, 0.1) is 11.3 Å². The number of hydrogen-bond donors (Lipinski definition) is 1. The molecule has 5 nitrogen and oxygen atoms in total. The lowest BCUT2D eigenvalue weighted by molar-refractivity contribution is 0.200. The molecule has 6 heteroatoms. The molecule has 2 aromatic rings. The van der Waals surface area contributed by atoms with Gasteiger partial charge in [0.2, 0.25) is 0 Å². The van der Waals surface area contributed by atoms with Crippen LogP contribution in [0.3, 0.4) is 0 Å². The molecule has 0 aliphatic heterocycles. The molecule has 1 aromatic carbocycles. The van der Waals surface area contributed by atoms with E-state index in [0.29, 0.717) is 22.5 Å². The number of hydrogen-bond acceptors (Lipinski definition) is 4. The zero-order valence-electron chi connectivity index (χ0n) is 12.3. The maximum Gasteiger partial charge on any atom is 0.183 e. The number of anilines is 1. The molecular weight excluding hydrogens is 274 g/mol. The molecule has 2 rings (SSSR count). The minimum Gasteiger partial charge on any atom is -0.399 e. The molecule has 1 heterocycles. The third-order valence-electron chi connectivity index (χ3n) is 3.89. The van der Waals surface area contributed by atoms with E-state index in [1.165, 1.54) is 0 Å². The Hall–Kier alpha value is -1.62. The van der Waals surface area contributed by atoms with Crippen LogP contribution in [0.5, 0.6) is 0 Å². The average molecular weight is 294 g/mol. The fraction of sp³-hybridized carbons (Fsp3) is 0.500. The van der Waals surface area contributed by atoms with Gasteiger partial charge in [-0.15, -0.1) is 5.10 Å². The first kappa shape index (κ1) is 14.8. The first-order valence-corrected chi connectivity index (χ1v) is 7.00. The molecule has 0 saturated heterocycles. The minimum absolute atomic E-state index is 0.0877. The van der Waals surface area contributed by atoms with E-state index >= 15 is 0 Å². The fourth-order valence-electron chi connectivity index (χ4n) is 1.79. The highest BCUT2D eigenvalue weighted by atomic mass is 35.5. The molecular formula is C14H20ClN5. The summed E-state index contributed by atoms with van der Waals surface area (Å²) in [6.07, 6.45) is 0. The Labute approximate surface area is 124 Å². The van der Waals surface area contributed by atoms with Gasteiger partial charge < -0.3 is 5.73 Å². The van der Waals surface area contributed by atoms with Crippen LogP contribution in [0.1, 0.15) is 27.7 Å². The van der Waals surface area contributed by atoms with Crippen molar-refractivity contribution < 1.29 is 0 Å². The van der Waals surface area contributed by atoms with Crippen LogP contribution in [0.4, 0.5) is 5.69 Å². The molecule has 0 amide bonds. The van der Waals surface area contributed by atoms with Crippen LogP contribution in [-0.4, -0.2) is 20.2 Å². The number of nitrogens with two attached hydrogens (primary N) is 1. The Morgan fingerprint density at radius 2 is 2.05 bits per heavy atom. The molecule has 0 spiro atoms. The molecule has 2 N–H and O–H groups in total. The summed E-state index contributed by atoms with van der Waals surface area (Å²) < 4.78 is 1.80. The summed E-state index contributed by atoms with van der Waals surface area (Å²) in [5, 5.41) is 12.5. The van der Waals surface area contributed by atoms with Gasteiger partial charge in [-0.1, -0.05) is 39.3 Å². The largest absolute Gasteiger partial charge is 0.399 e. The predicted octanol–water partition coefficient (Wildman–Crippen LogP) is 3.26. The first-order chi connectivity index (χ1) is 9.31. The van der Waals surface area contributed by atoms with Crippen molar-refractivity contribution in [3.63, 3.8) is 0 Å². The molecule has 0 atom stereocenters. The number of nitrogen functional groups attached to an aromatic ring is 1. The lowest BCUT2D eigenvalue weighted by atomic mass is 9.81. The van der Waals surface area contributed by atoms with E-state index in [2.05, 4.69) is 43.2 Å². The quantitative estimate of drug-likeness (QED) is 0.879. The van der Waals surface area contributed by atoms with E-state index in [9.17, 15) is 0 Å². The smallest absolute Gasteiger partial charge is 0.183 e. The van der Waals surface area contributed by atoms with Crippen LogP contribution in [-0.2, 0) is 6.54 Å². The van der Waals surface area contributed by atoms with Gasteiger partial charge in [0.1, 0.15) is 0 Å². The number of halogens is 1. The Morgan fingerprint density at radius 1 is 1.35 bits per heavy atom. The van der Waals surface area contributed by atoms with Gasteiger partial charge in [-0.05, 0) is 40.0 Å². The Balaban J connectivity index is 2.38. The Kier molecular flexibility index (Phi) is 3.99. The summed E-state index contributed by atoms with van der Waals surface area (Å²) in [6, 6.07) is 5.36. The molecule has 0 fully saturated rings. The molecule has 0 unspecified atom stereocenters. The number of aromatic nitrogens is 4. The third kappa shape index (κ3) is 2.93. The second-order valence-corrected chi connectivity index (χ2v) is 6.45. The van der Waals surface area contributed by atoms with E-state index < -0.39 is 0 Å². The summed E-state index contributed by atoms with van der Waals surface area (Å²) in [5.74, 6) is 1.19. The van der Waals surface area contributed by atoms with Crippen LogP contribution in [0.2, 0.25) is 5.02 Å². The SMILES string of the molecule is CC(C)C(C)(C)Cn1nnnc1-c1ccc(N)cc1Cl. The van der Waals surface area contributed by atoms with Crippen molar-refractivity contribution in [3.05, 3.63) is 23.2 Å². The van der Waals surface area contributed by atoms with Crippen molar-refractivity contribution >= 4 is 17.3 Å². The summed E-state index contributed by atoms with van der Waals surface area (Å²) in [4.78, 5) is 0. The summed E-state index contributed by atoms with van der Waals surface area (Å²) in [7, 11) is 0. The van der Waals surface area contributed by atoms with Gasteiger partial charge in [-0.25, -0.2) is 4.68 Å². The monoisotopic (exact) mass is 293 g/mol. The highest BCUT2D eigenvalue weighted by molar-refractivity contribution is 6.33. The van der Waals surface area contributed by atoms with Gasteiger partial charge >= 0.3 is 0 Å². The average Bonchev–Trinajstić information content (AvgIpc) is 2.76. The maximum atomic E-state index is 6.24. The lowest BCUT2D eigenvalue weighted by Crippen LogP contribution is -2.26. The van der Waals surface area contributed by atoms with E-state index in [4.69, 9.17) is 17.3 Å². The van der Waals surface area contributed by atoms with Gasteiger partial charge in [0.05, 0.1) is 11.6 Å². The van der Waals surface area contributed by atoms with Crippen LogP contribution < -0.4 is 5.73 Å². The second kappa shape index (κ2) is 5.40. The molecule has 0 saturated carbocycles. The highest BCUT2D eigenvalue weighted by Gasteiger charge is 2.25. The Morgan fingerprint density at radius 3 is 2.65 bits per heavy atom. The number of rotatable bonds is 4. The number of tetrazole rings is 1. The van der Waals surface area contributed by atoms with Crippen LogP contribution >= 0.6 is 11.6 Å². The predicted molar refractivity (Wildman–Crippen MR) is 81.3 cm³/mol. The molecule has 108 valence electrons. The summed E-state index contributed by atoms with van der Waals surface area (Å²) in [5.41, 5.74) is 7.23. The Bertz CT molecular complexity index is 603. The van der Waals surface area contributed by atoms with Crippen molar-refractivity contribution in [1.29, 1.82) is 0 Å². The number of benzene rings is 1. The second-order valence-electron chi connectivity index (χ2n) is 6.04. The van der Waals surface area contributed by atoms with Crippen LogP contribution in [0.25, 0.3) is 11.4 Å². The van der Waals surface area contributed by atoms with Gasteiger partial charge in [-0.3, -0.25) is 0 Å². The lowest BCUT2D eigenvalue weighted by Gasteiger charge is -2.29. The molecule has 20 heavy (non-hydrogen) atoms. The van der Waals surface area contributed by atoms with Crippen molar-refractivity contribution in [2.45, 2.75) is 34.2 Å². The van der Waals surface area contributed by atoms with E-state index in [1.54, 1.807) is 16.8 Å². The van der Waals surface area contributed by atoms with Gasteiger partial charge in [-0.2, -0.15) is 0 Å². The highest BCUT2D eigenvalue weighted by Crippen LogP contribution is 2.32. The van der Waals surface area contributed by atoms with E-state index in [1.807, 2.05) is 6.07 Å². The first-order valence-electron chi connectivity index (χ1n) is 6.63. The zero-order valence-corrected chi connectivity index (χ0v) is 13.0. The minimum atomic E-state index is 0.0877. The fourth-order valence-corrected chi connectivity index (χ4v) is 2.06.